The van der Waals surface area contributed by atoms with Crippen LogP contribution >= 0.6 is 11.6 Å². The highest BCUT2D eigenvalue weighted by Gasteiger charge is 2.37. The van der Waals surface area contributed by atoms with Crippen molar-refractivity contribution in [3.63, 3.8) is 0 Å². The number of amides is 1. The van der Waals surface area contributed by atoms with E-state index in [0.717, 1.165) is 0 Å². The Balaban J connectivity index is 1.85. The lowest BCUT2D eigenvalue weighted by Crippen LogP contribution is -2.31. The summed E-state index contributed by atoms with van der Waals surface area (Å²) in [7, 11) is 4.58. The molecule has 0 saturated heterocycles. The Morgan fingerprint density at radius 2 is 1.78 bits per heavy atom. The number of carbonyl (C=O) groups excluding carboxylic acids is 1. The molecule has 1 aliphatic rings. The van der Waals surface area contributed by atoms with Gasteiger partial charge < -0.3 is 24.8 Å². The molecule has 4 rings (SSSR count). The summed E-state index contributed by atoms with van der Waals surface area (Å²) in [6.07, 6.45) is 0. The average molecular weight is 457 g/mol. The minimum Gasteiger partial charge on any atom is -0.493 e. The molecular weight excluding hydrogens is 436 g/mol. The molecule has 32 heavy (non-hydrogen) atoms. The van der Waals surface area contributed by atoms with E-state index in [1.54, 1.807) is 43.3 Å². The molecule has 2 heterocycles. The third-order valence-electron chi connectivity index (χ3n) is 5.09. The SMILES string of the molecule is COc1ccc(C2C(C(=O)Nc3ccc(Cl)cc3)=C(C)Nc3nnnn32)c(OC)c1OC. The summed E-state index contributed by atoms with van der Waals surface area (Å²) in [5.41, 5.74) is 2.23. The highest BCUT2D eigenvalue weighted by atomic mass is 35.5. The molecule has 0 spiro atoms. The van der Waals surface area contributed by atoms with Crippen molar-refractivity contribution in [2.24, 2.45) is 0 Å². The van der Waals surface area contributed by atoms with Crippen molar-refractivity contribution < 1.29 is 19.0 Å². The summed E-state index contributed by atoms with van der Waals surface area (Å²) in [5, 5.41) is 18.4. The van der Waals surface area contributed by atoms with Crippen molar-refractivity contribution in [3.05, 3.63) is 58.3 Å². The number of carbonyl (C=O) groups is 1. The van der Waals surface area contributed by atoms with Crippen LogP contribution in [-0.4, -0.2) is 47.4 Å². The number of hydrogen-bond acceptors (Lipinski definition) is 8. The number of anilines is 2. The Bertz CT molecular complexity index is 1190. The molecule has 0 fully saturated rings. The average Bonchev–Trinajstić information content (AvgIpc) is 3.26. The predicted octanol–water partition coefficient (Wildman–Crippen LogP) is 3.28. The van der Waals surface area contributed by atoms with Gasteiger partial charge in [-0.25, -0.2) is 0 Å². The Morgan fingerprint density at radius 3 is 2.44 bits per heavy atom. The number of rotatable bonds is 6. The van der Waals surface area contributed by atoms with Gasteiger partial charge in [-0.3, -0.25) is 4.79 Å². The van der Waals surface area contributed by atoms with Gasteiger partial charge >= 0.3 is 0 Å². The van der Waals surface area contributed by atoms with Crippen LogP contribution in [0, 0.1) is 0 Å². The number of halogens is 1. The molecule has 10 nitrogen and oxygen atoms in total. The van der Waals surface area contributed by atoms with Crippen molar-refractivity contribution in [1.29, 1.82) is 0 Å². The van der Waals surface area contributed by atoms with Crippen LogP contribution in [0.5, 0.6) is 17.2 Å². The molecule has 0 radical (unpaired) electrons. The molecular formula is C21H21ClN6O4. The van der Waals surface area contributed by atoms with Gasteiger partial charge in [-0.15, -0.1) is 0 Å². The fourth-order valence-corrected chi connectivity index (χ4v) is 3.79. The van der Waals surface area contributed by atoms with Crippen LogP contribution in [0.15, 0.2) is 47.7 Å². The third kappa shape index (κ3) is 3.69. The Labute approximate surface area is 189 Å². The number of hydrogen-bond donors (Lipinski definition) is 2. The van der Waals surface area contributed by atoms with Gasteiger partial charge in [0.1, 0.15) is 6.04 Å². The van der Waals surface area contributed by atoms with E-state index in [0.29, 0.717) is 50.7 Å². The maximum Gasteiger partial charge on any atom is 0.255 e. The molecule has 0 aliphatic carbocycles. The van der Waals surface area contributed by atoms with Crippen molar-refractivity contribution in [2.45, 2.75) is 13.0 Å². The van der Waals surface area contributed by atoms with Crippen LogP contribution in [0.25, 0.3) is 0 Å². The normalized spacial score (nSPS) is 15.0. The zero-order valence-electron chi connectivity index (χ0n) is 17.8. The van der Waals surface area contributed by atoms with E-state index in [9.17, 15) is 4.79 Å². The van der Waals surface area contributed by atoms with Gasteiger partial charge in [-0.2, -0.15) is 4.68 Å². The summed E-state index contributed by atoms with van der Waals surface area (Å²) in [6, 6.07) is 9.69. The Kier molecular flexibility index (Phi) is 5.87. The zero-order chi connectivity index (χ0) is 22.8. The van der Waals surface area contributed by atoms with Crippen LogP contribution < -0.4 is 24.8 Å². The molecule has 2 N–H and O–H groups in total. The second-order valence-corrected chi connectivity index (χ2v) is 7.33. The molecule has 166 valence electrons. The van der Waals surface area contributed by atoms with E-state index in [1.807, 2.05) is 0 Å². The minimum atomic E-state index is -0.691. The predicted molar refractivity (Wildman–Crippen MR) is 118 cm³/mol. The lowest BCUT2D eigenvalue weighted by Gasteiger charge is -2.29. The van der Waals surface area contributed by atoms with Gasteiger partial charge in [-0.1, -0.05) is 16.7 Å². The number of nitrogens with zero attached hydrogens (tertiary/aromatic N) is 4. The number of nitrogens with one attached hydrogen (secondary N) is 2. The van der Waals surface area contributed by atoms with Gasteiger partial charge in [0, 0.05) is 22.0 Å². The van der Waals surface area contributed by atoms with E-state index in [1.165, 1.54) is 26.0 Å². The van der Waals surface area contributed by atoms with Gasteiger partial charge in [0.2, 0.25) is 11.7 Å². The molecule has 1 amide bonds. The number of allylic oxidation sites excluding steroid dienone is 1. The van der Waals surface area contributed by atoms with Gasteiger partial charge in [0.05, 0.1) is 26.9 Å². The zero-order valence-corrected chi connectivity index (χ0v) is 18.6. The smallest absolute Gasteiger partial charge is 0.255 e. The first kappa shape index (κ1) is 21.4. The number of benzene rings is 2. The maximum atomic E-state index is 13.4. The summed E-state index contributed by atoms with van der Waals surface area (Å²) in [6.45, 7) is 1.79. The van der Waals surface area contributed by atoms with Gasteiger partial charge in [0.25, 0.3) is 5.91 Å². The molecule has 1 aromatic heterocycles. The Morgan fingerprint density at radius 1 is 1.06 bits per heavy atom. The number of aromatic nitrogens is 4. The van der Waals surface area contributed by atoms with E-state index >= 15 is 0 Å². The molecule has 11 heteroatoms. The fourth-order valence-electron chi connectivity index (χ4n) is 3.67. The lowest BCUT2D eigenvalue weighted by molar-refractivity contribution is -0.113. The van der Waals surface area contributed by atoms with Gasteiger partial charge in [0.15, 0.2) is 11.5 Å². The quantitative estimate of drug-likeness (QED) is 0.581. The molecule has 0 bridgehead atoms. The van der Waals surface area contributed by atoms with Crippen molar-refractivity contribution >= 4 is 29.1 Å². The number of fused-ring (bicyclic) bond motifs is 1. The first-order valence-corrected chi connectivity index (χ1v) is 9.97. The standard InChI is InChI=1S/C21H21ClN6O4/c1-11-16(20(29)24-13-7-5-12(22)6-8-13)17(28-21(23-11)25-26-27-28)14-9-10-15(30-2)19(32-4)18(14)31-3/h5-10,17H,1-4H3,(H,24,29)(H,23,25,27). The second-order valence-electron chi connectivity index (χ2n) is 6.90. The van der Waals surface area contributed by atoms with Crippen molar-refractivity contribution in [2.75, 3.05) is 32.0 Å². The number of tetrazole rings is 1. The molecule has 1 unspecified atom stereocenters. The molecule has 3 aromatic rings. The van der Waals surface area contributed by atoms with Crippen LogP contribution in [0.1, 0.15) is 18.5 Å². The second kappa shape index (κ2) is 8.75. The highest BCUT2D eigenvalue weighted by molar-refractivity contribution is 6.30. The Hall–Kier alpha value is -3.79. The fraction of sp³-hybridized carbons (Fsp3) is 0.238. The minimum absolute atomic E-state index is 0.333. The van der Waals surface area contributed by atoms with Crippen LogP contribution in [0.2, 0.25) is 5.02 Å². The first-order valence-electron chi connectivity index (χ1n) is 9.60. The van der Waals surface area contributed by atoms with Crippen molar-refractivity contribution in [1.82, 2.24) is 20.2 Å². The monoisotopic (exact) mass is 456 g/mol. The molecule has 0 saturated carbocycles. The van der Waals surface area contributed by atoms with Crippen LogP contribution in [0.4, 0.5) is 11.6 Å². The summed E-state index contributed by atoms with van der Waals surface area (Å²) < 4.78 is 18.1. The summed E-state index contributed by atoms with van der Waals surface area (Å²) >= 11 is 5.96. The highest BCUT2D eigenvalue weighted by Crippen LogP contribution is 2.46. The lowest BCUT2D eigenvalue weighted by atomic mass is 9.93. The van der Waals surface area contributed by atoms with E-state index < -0.39 is 6.04 Å². The third-order valence-corrected chi connectivity index (χ3v) is 5.34. The number of methoxy groups -OCH3 is 3. The van der Waals surface area contributed by atoms with E-state index in [-0.39, 0.29) is 5.91 Å². The van der Waals surface area contributed by atoms with Crippen LogP contribution in [-0.2, 0) is 4.79 Å². The van der Waals surface area contributed by atoms with Crippen LogP contribution in [0.3, 0.4) is 0 Å². The van der Waals surface area contributed by atoms with E-state index in [2.05, 4.69) is 26.2 Å². The summed E-state index contributed by atoms with van der Waals surface area (Å²) in [4.78, 5) is 13.4. The largest absolute Gasteiger partial charge is 0.493 e. The molecule has 2 aromatic carbocycles. The number of ether oxygens (including phenoxy) is 3. The molecule has 1 aliphatic heterocycles. The van der Waals surface area contributed by atoms with Gasteiger partial charge in [-0.05, 0) is 53.7 Å². The maximum absolute atomic E-state index is 13.4. The topological polar surface area (TPSA) is 112 Å². The van der Waals surface area contributed by atoms with E-state index in [4.69, 9.17) is 25.8 Å². The molecule has 1 atom stereocenters. The first-order chi connectivity index (χ1) is 15.5. The summed E-state index contributed by atoms with van der Waals surface area (Å²) in [5.74, 6) is 1.36. The van der Waals surface area contributed by atoms with Crippen molar-refractivity contribution in [3.8, 4) is 17.2 Å².